The number of nitrogens with zero attached hydrogens (tertiary/aromatic N) is 5. The molecule has 2 aromatic heterocycles. The summed E-state index contributed by atoms with van der Waals surface area (Å²) in [5, 5.41) is 9.25. The van der Waals surface area contributed by atoms with E-state index < -0.39 is 17.0 Å². The van der Waals surface area contributed by atoms with Crippen LogP contribution in [0, 0.1) is 5.92 Å². The average Bonchev–Trinajstić information content (AvgIpc) is 3.56. The minimum Gasteiger partial charge on any atom is -0.454 e. The van der Waals surface area contributed by atoms with Crippen molar-refractivity contribution in [1.29, 1.82) is 0 Å². The average molecular weight is 549 g/mol. The van der Waals surface area contributed by atoms with Gasteiger partial charge in [-0.25, -0.2) is 4.79 Å². The first-order valence-electron chi connectivity index (χ1n) is 12.4. The van der Waals surface area contributed by atoms with Gasteiger partial charge in [0.05, 0.1) is 12.3 Å². The van der Waals surface area contributed by atoms with E-state index in [2.05, 4.69) is 10.2 Å². The Morgan fingerprint density at radius 1 is 1.05 bits per heavy atom. The summed E-state index contributed by atoms with van der Waals surface area (Å²) in [5.41, 5.74) is 6.53. The Morgan fingerprint density at radius 3 is 2.54 bits per heavy atom. The van der Waals surface area contributed by atoms with Gasteiger partial charge in [0.1, 0.15) is 11.4 Å². The molecule has 0 bridgehead atoms. The molecule has 1 aliphatic rings. The van der Waals surface area contributed by atoms with Gasteiger partial charge in [0, 0.05) is 19.2 Å². The van der Waals surface area contributed by atoms with Crippen LogP contribution in [-0.4, -0.2) is 42.2 Å². The van der Waals surface area contributed by atoms with Crippen molar-refractivity contribution in [3.05, 3.63) is 80.5 Å². The summed E-state index contributed by atoms with van der Waals surface area (Å²) in [6.07, 6.45) is 0. The van der Waals surface area contributed by atoms with Crippen molar-refractivity contribution in [3.63, 3.8) is 0 Å². The summed E-state index contributed by atoms with van der Waals surface area (Å²) < 4.78 is 15.1. The summed E-state index contributed by atoms with van der Waals surface area (Å²) in [7, 11) is 1.35. The number of nitrogen functional groups attached to an aromatic ring is 1. The molecule has 0 fully saturated rings. The van der Waals surface area contributed by atoms with E-state index >= 15 is 0 Å². The van der Waals surface area contributed by atoms with E-state index in [4.69, 9.17) is 15.2 Å². The van der Waals surface area contributed by atoms with Gasteiger partial charge >= 0.3 is 5.69 Å². The Balaban J connectivity index is 1.47. The van der Waals surface area contributed by atoms with Gasteiger partial charge in [-0.1, -0.05) is 62.0 Å². The van der Waals surface area contributed by atoms with E-state index in [1.54, 1.807) is 0 Å². The number of fused-ring (bicyclic) bond motifs is 1. The third kappa shape index (κ3) is 5.19. The first-order valence-corrected chi connectivity index (χ1v) is 13.4. The number of ether oxygens (including phenoxy) is 2. The molecule has 39 heavy (non-hydrogen) atoms. The van der Waals surface area contributed by atoms with Gasteiger partial charge in [-0.15, -0.1) is 10.2 Å². The number of thioether (sulfide) groups is 1. The van der Waals surface area contributed by atoms with Crippen LogP contribution in [0.25, 0.3) is 11.4 Å². The highest BCUT2D eigenvalue weighted by atomic mass is 32.2. The molecule has 0 radical (unpaired) electrons. The van der Waals surface area contributed by atoms with Crippen molar-refractivity contribution < 1.29 is 14.3 Å². The maximum absolute atomic E-state index is 13.3. The predicted molar refractivity (Wildman–Crippen MR) is 147 cm³/mol. The number of anilines is 1. The fourth-order valence-electron chi connectivity index (χ4n) is 4.35. The second-order valence-corrected chi connectivity index (χ2v) is 10.5. The summed E-state index contributed by atoms with van der Waals surface area (Å²) in [6.45, 7) is 4.72. The molecule has 0 saturated carbocycles. The SMILES string of the molecule is CC(C)Cn1c(N)c(C(=O)CSc2nnc(-c3ccccc3)n2Cc2ccc3c(c2)OCO3)c(=O)n(C)c1=O. The van der Waals surface area contributed by atoms with Crippen LogP contribution in [-0.2, 0) is 20.1 Å². The van der Waals surface area contributed by atoms with Crippen molar-refractivity contribution in [1.82, 2.24) is 23.9 Å². The molecule has 1 aliphatic heterocycles. The number of ketones is 1. The summed E-state index contributed by atoms with van der Waals surface area (Å²) in [4.78, 5) is 38.8. The maximum Gasteiger partial charge on any atom is 0.332 e. The molecule has 0 amide bonds. The molecule has 0 saturated heterocycles. The third-order valence-corrected chi connectivity index (χ3v) is 7.24. The molecule has 5 rings (SSSR count). The molecule has 0 spiro atoms. The van der Waals surface area contributed by atoms with Crippen LogP contribution < -0.4 is 26.5 Å². The maximum atomic E-state index is 13.3. The Morgan fingerprint density at radius 2 is 1.79 bits per heavy atom. The fourth-order valence-corrected chi connectivity index (χ4v) is 5.16. The number of rotatable bonds is 9. The number of Topliss-reactive ketones (excluding diaryl/α,β-unsaturated/α-hetero) is 1. The van der Waals surface area contributed by atoms with Crippen LogP contribution in [0.1, 0.15) is 29.8 Å². The van der Waals surface area contributed by atoms with E-state index in [-0.39, 0.29) is 36.4 Å². The van der Waals surface area contributed by atoms with Crippen molar-refractivity contribution in [2.24, 2.45) is 13.0 Å². The van der Waals surface area contributed by atoms with Crippen molar-refractivity contribution in [3.8, 4) is 22.9 Å². The highest BCUT2D eigenvalue weighted by molar-refractivity contribution is 7.99. The first kappa shape index (κ1) is 26.3. The molecule has 4 aromatic rings. The summed E-state index contributed by atoms with van der Waals surface area (Å²) in [6, 6.07) is 15.3. The molecule has 3 heterocycles. The summed E-state index contributed by atoms with van der Waals surface area (Å²) in [5.74, 6) is 1.34. The van der Waals surface area contributed by atoms with Crippen LogP contribution in [0.4, 0.5) is 5.82 Å². The second-order valence-electron chi connectivity index (χ2n) is 9.57. The van der Waals surface area contributed by atoms with Gasteiger partial charge in [-0.2, -0.15) is 0 Å². The van der Waals surface area contributed by atoms with Gasteiger partial charge in [0.2, 0.25) is 6.79 Å². The van der Waals surface area contributed by atoms with Crippen molar-refractivity contribution in [2.75, 3.05) is 18.3 Å². The van der Waals surface area contributed by atoms with Gasteiger partial charge < -0.3 is 15.2 Å². The van der Waals surface area contributed by atoms with Crippen molar-refractivity contribution in [2.45, 2.75) is 32.1 Å². The highest BCUT2D eigenvalue weighted by Crippen LogP contribution is 2.34. The first-order chi connectivity index (χ1) is 18.7. The molecule has 0 unspecified atom stereocenters. The molecule has 11 nitrogen and oxygen atoms in total. The molecule has 2 N–H and O–H groups in total. The number of hydrogen-bond acceptors (Lipinski definition) is 9. The zero-order valence-electron chi connectivity index (χ0n) is 21.8. The van der Waals surface area contributed by atoms with Gasteiger partial charge in [0.25, 0.3) is 5.56 Å². The number of nitrogens with two attached hydrogens (primary N) is 1. The Bertz CT molecular complexity index is 1660. The van der Waals surface area contributed by atoms with E-state index in [0.29, 0.717) is 29.0 Å². The predicted octanol–water partition coefficient (Wildman–Crippen LogP) is 2.80. The minimum absolute atomic E-state index is 0.0889. The largest absolute Gasteiger partial charge is 0.454 e. The Kier molecular flexibility index (Phi) is 7.29. The molecule has 12 heteroatoms. The van der Waals surface area contributed by atoms with Crippen LogP contribution in [0.2, 0.25) is 0 Å². The van der Waals surface area contributed by atoms with Crippen LogP contribution >= 0.6 is 11.8 Å². The molecule has 0 atom stereocenters. The molecule has 202 valence electrons. The highest BCUT2D eigenvalue weighted by Gasteiger charge is 2.24. The van der Waals surface area contributed by atoms with E-state index in [9.17, 15) is 14.4 Å². The number of carbonyl (C=O) groups is 1. The van der Waals surface area contributed by atoms with E-state index in [1.807, 2.05) is 66.9 Å². The molecule has 2 aromatic carbocycles. The smallest absolute Gasteiger partial charge is 0.332 e. The van der Waals surface area contributed by atoms with Gasteiger partial charge in [-0.3, -0.25) is 23.3 Å². The van der Waals surface area contributed by atoms with Crippen LogP contribution in [0.5, 0.6) is 11.5 Å². The quantitative estimate of drug-likeness (QED) is 0.247. The lowest BCUT2D eigenvalue weighted by Gasteiger charge is -2.16. The van der Waals surface area contributed by atoms with Crippen LogP contribution in [0.15, 0.2) is 63.3 Å². The number of benzene rings is 2. The minimum atomic E-state index is -0.713. The Labute approximate surface area is 228 Å². The zero-order chi connectivity index (χ0) is 27.7. The molecular formula is C27H28N6O5S. The van der Waals surface area contributed by atoms with E-state index in [1.165, 1.54) is 11.6 Å². The lowest BCUT2D eigenvalue weighted by Crippen LogP contribution is -2.43. The normalized spacial score (nSPS) is 12.3. The molecule has 0 aliphatic carbocycles. The Hall–Kier alpha value is -4.32. The van der Waals surface area contributed by atoms with E-state index in [0.717, 1.165) is 27.5 Å². The van der Waals surface area contributed by atoms with Gasteiger partial charge in [-0.05, 0) is 23.6 Å². The number of carbonyl (C=O) groups excluding carboxylic acids is 1. The fraction of sp³-hybridized carbons (Fsp3) is 0.296. The lowest BCUT2D eigenvalue weighted by molar-refractivity contribution is 0.102. The zero-order valence-corrected chi connectivity index (χ0v) is 22.6. The second kappa shape index (κ2) is 10.8. The van der Waals surface area contributed by atoms with Gasteiger partial charge in [0.15, 0.2) is 28.3 Å². The summed E-state index contributed by atoms with van der Waals surface area (Å²) >= 11 is 1.15. The lowest BCUT2D eigenvalue weighted by atomic mass is 10.2. The monoisotopic (exact) mass is 548 g/mol. The third-order valence-electron chi connectivity index (χ3n) is 6.27. The topological polar surface area (TPSA) is 136 Å². The molecular weight excluding hydrogens is 520 g/mol. The number of hydrogen-bond donors (Lipinski definition) is 1. The van der Waals surface area contributed by atoms with Crippen molar-refractivity contribution >= 4 is 23.4 Å². The number of aromatic nitrogens is 5. The van der Waals surface area contributed by atoms with Crippen LogP contribution in [0.3, 0.4) is 0 Å². The standard InChI is InChI=1S/C27H28N6O5S/c1-16(2)12-32-23(28)22(25(35)31(3)27(32)36)19(34)14-39-26-30-29-24(18-7-5-4-6-8-18)33(26)13-17-9-10-20-21(11-17)38-15-37-20/h4-11,16H,12-15,28H2,1-3H3.